The Morgan fingerprint density at radius 3 is 2.23 bits per heavy atom. The maximum absolute atomic E-state index is 13.3. The number of nitrogens with one attached hydrogen (secondary N) is 2. The van der Waals surface area contributed by atoms with Crippen molar-refractivity contribution >= 4 is 28.4 Å². The second kappa shape index (κ2) is 8.79. The molecule has 5 nitrogen and oxygen atoms in total. The predicted octanol–water partition coefficient (Wildman–Crippen LogP) is 5.29. The molecule has 5 heteroatoms. The molecular formula is C26H23N3O2. The van der Waals surface area contributed by atoms with Gasteiger partial charge in [-0.2, -0.15) is 0 Å². The van der Waals surface area contributed by atoms with E-state index in [0.29, 0.717) is 16.8 Å². The first-order valence-electron chi connectivity index (χ1n) is 10.2. The normalized spacial score (nSPS) is 10.8. The summed E-state index contributed by atoms with van der Waals surface area (Å²) in [5.41, 5.74) is 3.77. The molecule has 0 bridgehead atoms. The van der Waals surface area contributed by atoms with Crippen LogP contribution in [0.5, 0.6) is 0 Å². The Balaban J connectivity index is 1.75. The third-order valence-corrected chi connectivity index (χ3v) is 4.87. The first-order valence-corrected chi connectivity index (χ1v) is 10.2. The molecule has 2 N–H and O–H groups in total. The van der Waals surface area contributed by atoms with E-state index >= 15 is 0 Å². The second-order valence-corrected chi connectivity index (χ2v) is 7.57. The molecule has 0 aliphatic rings. The SMILES string of the molecule is CC(C)NC(=O)c1ccccc1NC(=O)c1cc(-c2ccccc2)nc2ccccc12. The van der Waals surface area contributed by atoms with Crippen LogP contribution in [0.4, 0.5) is 5.69 Å². The van der Waals surface area contributed by atoms with E-state index in [-0.39, 0.29) is 17.9 Å². The minimum Gasteiger partial charge on any atom is -0.350 e. The number of rotatable bonds is 5. The summed E-state index contributed by atoms with van der Waals surface area (Å²) in [4.78, 5) is 30.6. The summed E-state index contributed by atoms with van der Waals surface area (Å²) in [5, 5.41) is 6.55. The number of hydrogen-bond acceptors (Lipinski definition) is 3. The highest BCUT2D eigenvalue weighted by molar-refractivity contribution is 6.15. The molecule has 0 radical (unpaired) electrons. The van der Waals surface area contributed by atoms with Gasteiger partial charge in [0.15, 0.2) is 0 Å². The maximum atomic E-state index is 13.3. The molecule has 3 aromatic carbocycles. The Hall–Kier alpha value is -3.99. The third kappa shape index (κ3) is 4.46. The fraction of sp³-hybridized carbons (Fsp3) is 0.115. The number of fused-ring (bicyclic) bond motifs is 1. The van der Waals surface area contributed by atoms with Gasteiger partial charge in [-0.25, -0.2) is 4.98 Å². The maximum Gasteiger partial charge on any atom is 0.256 e. The first kappa shape index (κ1) is 20.3. The molecule has 0 saturated carbocycles. The highest BCUT2D eigenvalue weighted by atomic mass is 16.2. The van der Waals surface area contributed by atoms with Gasteiger partial charge in [-0.15, -0.1) is 0 Å². The number of carbonyl (C=O) groups is 2. The van der Waals surface area contributed by atoms with Gasteiger partial charge >= 0.3 is 0 Å². The van der Waals surface area contributed by atoms with Gasteiger partial charge in [0.2, 0.25) is 0 Å². The second-order valence-electron chi connectivity index (χ2n) is 7.57. The Morgan fingerprint density at radius 1 is 0.774 bits per heavy atom. The Labute approximate surface area is 181 Å². The molecule has 31 heavy (non-hydrogen) atoms. The molecule has 0 aliphatic heterocycles. The summed E-state index contributed by atoms with van der Waals surface area (Å²) in [6, 6.07) is 26.1. The average Bonchev–Trinajstić information content (AvgIpc) is 2.78. The molecule has 0 saturated heterocycles. The molecule has 4 aromatic rings. The topological polar surface area (TPSA) is 71.1 Å². The lowest BCUT2D eigenvalue weighted by atomic mass is 10.0. The lowest BCUT2D eigenvalue weighted by Gasteiger charge is -2.14. The number of anilines is 1. The van der Waals surface area contributed by atoms with Crippen LogP contribution in [0.25, 0.3) is 22.2 Å². The smallest absolute Gasteiger partial charge is 0.256 e. The van der Waals surface area contributed by atoms with Crippen LogP contribution in [-0.4, -0.2) is 22.8 Å². The number of hydrogen-bond donors (Lipinski definition) is 2. The van der Waals surface area contributed by atoms with Crippen LogP contribution < -0.4 is 10.6 Å². The van der Waals surface area contributed by atoms with Crippen molar-refractivity contribution in [1.82, 2.24) is 10.3 Å². The fourth-order valence-electron chi connectivity index (χ4n) is 3.44. The number of pyridine rings is 1. The largest absolute Gasteiger partial charge is 0.350 e. The predicted molar refractivity (Wildman–Crippen MR) is 124 cm³/mol. The van der Waals surface area contributed by atoms with Crippen molar-refractivity contribution in [2.45, 2.75) is 19.9 Å². The summed E-state index contributed by atoms with van der Waals surface area (Å²) >= 11 is 0. The number of amides is 2. The van der Waals surface area contributed by atoms with Crippen molar-refractivity contribution in [2.75, 3.05) is 5.32 Å². The van der Waals surface area contributed by atoms with E-state index in [9.17, 15) is 9.59 Å². The zero-order valence-corrected chi connectivity index (χ0v) is 17.4. The fourth-order valence-corrected chi connectivity index (χ4v) is 3.44. The number of benzene rings is 3. The molecule has 0 spiro atoms. The summed E-state index contributed by atoms with van der Waals surface area (Å²) in [7, 11) is 0. The van der Waals surface area contributed by atoms with E-state index < -0.39 is 0 Å². The van der Waals surface area contributed by atoms with Crippen LogP contribution in [-0.2, 0) is 0 Å². The van der Waals surface area contributed by atoms with Crippen LogP contribution in [0.3, 0.4) is 0 Å². The molecule has 4 rings (SSSR count). The van der Waals surface area contributed by atoms with Gasteiger partial charge in [0.1, 0.15) is 0 Å². The number of para-hydroxylation sites is 2. The molecule has 0 aliphatic carbocycles. The van der Waals surface area contributed by atoms with E-state index in [1.807, 2.05) is 68.4 Å². The Morgan fingerprint density at radius 2 is 1.45 bits per heavy atom. The minimum absolute atomic E-state index is 0.00571. The zero-order valence-electron chi connectivity index (χ0n) is 17.4. The molecule has 2 amide bonds. The summed E-state index contributed by atoms with van der Waals surface area (Å²) in [6.45, 7) is 3.79. The van der Waals surface area contributed by atoms with Gasteiger partial charge in [0, 0.05) is 17.0 Å². The lowest BCUT2D eigenvalue weighted by Crippen LogP contribution is -2.31. The molecule has 154 valence electrons. The first-order chi connectivity index (χ1) is 15.0. The summed E-state index contributed by atoms with van der Waals surface area (Å²) in [5.74, 6) is -0.518. The van der Waals surface area contributed by atoms with Crippen LogP contribution in [0, 0.1) is 0 Å². The van der Waals surface area contributed by atoms with E-state index in [0.717, 1.165) is 22.2 Å². The van der Waals surface area contributed by atoms with E-state index in [1.54, 1.807) is 30.3 Å². The average molecular weight is 409 g/mol. The van der Waals surface area contributed by atoms with Gasteiger partial charge in [-0.3, -0.25) is 9.59 Å². The highest BCUT2D eigenvalue weighted by Gasteiger charge is 2.17. The van der Waals surface area contributed by atoms with Crippen molar-refractivity contribution in [1.29, 1.82) is 0 Å². The van der Waals surface area contributed by atoms with Gasteiger partial charge in [-0.1, -0.05) is 60.7 Å². The van der Waals surface area contributed by atoms with Crippen molar-refractivity contribution < 1.29 is 9.59 Å². The molecule has 0 unspecified atom stereocenters. The standard InChI is InChI=1S/C26H23N3O2/c1-17(2)27-25(30)20-13-7-9-15-23(20)29-26(31)21-16-24(18-10-4-3-5-11-18)28-22-14-8-6-12-19(21)22/h3-17H,1-2H3,(H,27,30)(H,29,31). The number of carbonyl (C=O) groups excluding carboxylic acids is 2. The van der Waals surface area contributed by atoms with Crippen molar-refractivity contribution in [3.8, 4) is 11.3 Å². The van der Waals surface area contributed by atoms with E-state index in [1.165, 1.54) is 0 Å². The van der Waals surface area contributed by atoms with Crippen LogP contribution in [0.2, 0.25) is 0 Å². The minimum atomic E-state index is -0.291. The van der Waals surface area contributed by atoms with Gasteiger partial charge in [-0.05, 0) is 38.1 Å². The van der Waals surface area contributed by atoms with E-state index in [4.69, 9.17) is 4.98 Å². The van der Waals surface area contributed by atoms with Gasteiger partial charge in [0.25, 0.3) is 11.8 Å². The Bertz CT molecular complexity index is 1250. The monoisotopic (exact) mass is 409 g/mol. The van der Waals surface area contributed by atoms with Crippen molar-refractivity contribution in [2.24, 2.45) is 0 Å². The molecule has 0 fully saturated rings. The molecule has 1 heterocycles. The summed E-state index contributed by atoms with van der Waals surface area (Å²) < 4.78 is 0. The van der Waals surface area contributed by atoms with Crippen LogP contribution in [0.1, 0.15) is 34.6 Å². The molecule has 0 atom stereocenters. The third-order valence-electron chi connectivity index (χ3n) is 4.87. The van der Waals surface area contributed by atoms with Crippen LogP contribution >= 0.6 is 0 Å². The highest BCUT2D eigenvalue weighted by Crippen LogP contribution is 2.26. The Kier molecular flexibility index (Phi) is 5.76. The summed E-state index contributed by atoms with van der Waals surface area (Å²) in [6.07, 6.45) is 0. The zero-order chi connectivity index (χ0) is 21.8. The van der Waals surface area contributed by atoms with Crippen LogP contribution in [0.15, 0.2) is 84.9 Å². The molecular weight excluding hydrogens is 386 g/mol. The number of nitrogens with zero attached hydrogens (tertiary/aromatic N) is 1. The lowest BCUT2D eigenvalue weighted by molar-refractivity contribution is 0.0944. The van der Waals surface area contributed by atoms with E-state index in [2.05, 4.69) is 10.6 Å². The number of aromatic nitrogens is 1. The van der Waals surface area contributed by atoms with Crippen molar-refractivity contribution in [3.63, 3.8) is 0 Å². The van der Waals surface area contributed by atoms with Gasteiger partial charge in [0.05, 0.1) is 28.0 Å². The van der Waals surface area contributed by atoms with Gasteiger partial charge < -0.3 is 10.6 Å². The van der Waals surface area contributed by atoms with Crippen molar-refractivity contribution in [3.05, 3.63) is 96.1 Å². The quantitative estimate of drug-likeness (QED) is 0.470. The molecule has 1 aromatic heterocycles.